The van der Waals surface area contributed by atoms with Gasteiger partial charge in [-0.25, -0.2) is 4.98 Å². The van der Waals surface area contributed by atoms with E-state index in [1.165, 1.54) is 11.8 Å². The summed E-state index contributed by atoms with van der Waals surface area (Å²) in [5.74, 6) is 0.544. The van der Waals surface area contributed by atoms with Crippen molar-refractivity contribution >= 4 is 28.6 Å². The van der Waals surface area contributed by atoms with Crippen LogP contribution >= 0.6 is 11.8 Å². The van der Waals surface area contributed by atoms with Crippen molar-refractivity contribution in [2.45, 2.75) is 49.1 Å². The molecule has 6 nitrogen and oxygen atoms in total. The maximum atomic E-state index is 13.4. The number of benzene rings is 2. The molecule has 0 aliphatic heterocycles. The summed E-state index contributed by atoms with van der Waals surface area (Å²) < 4.78 is 7.03. The van der Waals surface area contributed by atoms with E-state index >= 15 is 0 Å². The maximum absolute atomic E-state index is 13.4. The zero-order valence-electron chi connectivity index (χ0n) is 17.1. The molecule has 1 aliphatic rings. The molecule has 2 aromatic carbocycles. The van der Waals surface area contributed by atoms with Gasteiger partial charge in [0.25, 0.3) is 5.56 Å². The number of fused-ring (bicyclic) bond motifs is 1. The molecule has 0 unspecified atom stereocenters. The van der Waals surface area contributed by atoms with Crippen LogP contribution in [-0.4, -0.2) is 33.9 Å². The van der Waals surface area contributed by atoms with Crippen molar-refractivity contribution in [2.75, 3.05) is 7.11 Å². The molecule has 1 saturated carbocycles. The van der Waals surface area contributed by atoms with Crippen molar-refractivity contribution in [1.29, 1.82) is 0 Å². The van der Waals surface area contributed by atoms with Crippen molar-refractivity contribution in [2.24, 2.45) is 0 Å². The van der Waals surface area contributed by atoms with Crippen LogP contribution in [0.5, 0.6) is 5.75 Å². The molecule has 1 amide bonds. The highest BCUT2D eigenvalue weighted by Crippen LogP contribution is 2.29. The van der Waals surface area contributed by atoms with Gasteiger partial charge < -0.3 is 10.1 Å². The third-order valence-corrected chi connectivity index (χ3v) is 6.48. The number of carbonyl (C=O) groups is 1. The lowest BCUT2D eigenvalue weighted by atomic mass is 10.2. The van der Waals surface area contributed by atoms with Crippen molar-refractivity contribution in [3.63, 3.8) is 0 Å². The van der Waals surface area contributed by atoms with E-state index in [-0.39, 0.29) is 22.8 Å². The lowest BCUT2D eigenvalue weighted by Crippen LogP contribution is -2.38. The Hall–Kier alpha value is -2.80. The van der Waals surface area contributed by atoms with Gasteiger partial charge in [0.05, 0.1) is 29.0 Å². The van der Waals surface area contributed by atoms with Gasteiger partial charge in [-0.1, -0.05) is 48.9 Å². The van der Waals surface area contributed by atoms with E-state index in [1.54, 1.807) is 17.7 Å². The number of hydrogen-bond donors (Lipinski definition) is 1. The van der Waals surface area contributed by atoms with E-state index in [4.69, 9.17) is 9.72 Å². The van der Waals surface area contributed by atoms with Gasteiger partial charge in [-0.05, 0) is 44.0 Å². The van der Waals surface area contributed by atoms with Gasteiger partial charge in [0, 0.05) is 6.04 Å². The van der Waals surface area contributed by atoms with E-state index in [0.29, 0.717) is 27.5 Å². The minimum Gasteiger partial charge on any atom is -0.495 e. The normalized spacial score (nSPS) is 15.3. The number of hydrogen-bond acceptors (Lipinski definition) is 5. The second-order valence-electron chi connectivity index (χ2n) is 7.47. The third kappa shape index (κ3) is 4.07. The second-order valence-corrected chi connectivity index (χ2v) is 8.78. The molecule has 1 fully saturated rings. The van der Waals surface area contributed by atoms with Crippen molar-refractivity contribution < 1.29 is 9.53 Å². The minimum absolute atomic E-state index is 0.0270. The van der Waals surface area contributed by atoms with Crippen molar-refractivity contribution in [3.05, 3.63) is 58.9 Å². The lowest BCUT2D eigenvalue weighted by Gasteiger charge is -2.19. The van der Waals surface area contributed by atoms with Crippen LogP contribution in [0.4, 0.5) is 0 Å². The smallest absolute Gasteiger partial charge is 0.266 e. The zero-order valence-corrected chi connectivity index (χ0v) is 17.9. The Bertz CT molecular complexity index is 1120. The summed E-state index contributed by atoms with van der Waals surface area (Å²) in [6.07, 6.45) is 4.38. The molecular weight excluding hydrogens is 398 g/mol. The SMILES string of the molecule is COc1ccccc1-n1c(S[C@H](C)C(=O)NC2CCCC2)nc2ccccc2c1=O. The fourth-order valence-electron chi connectivity index (χ4n) is 3.82. The van der Waals surface area contributed by atoms with Crippen molar-refractivity contribution in [1.82, 2.24) is 14.9 Å². The van der Waals surface area contributed by atoms with Crippen LogP contribution in [0.3, 0.4) is 0 Å². The predicted molar refractivity (Wildman–Crippen MR) is 120 cm³/mol. The zero-order chi connectivity index (χ0) is 21.1. The Balaban J connectivity index is 1.76. The first-order valence-electron chi connectivity index (χ1n) is 10.2. The number of rotatable bonds is 6. The Morgan fingerprint density at radius 1 is 1.17 bits per heavy atom. The van der Waals surface area contributed by atoms with Gasteiger partial charge in [-0.15, -0.1) is 0 Å². The fourth-order valence-corrected chi connectivity index (χ4v) is 4.75. The van der Waals surface area contributed by atoms with Gasteiger partial charge in [0.2, 0.25) is 5.91 Å². The molecule has 156 valence electrons. The molecule has 0 saturated heterocycles. The van der Waals surface area contributed by atoms with Gasteiger partial charge in [0.1, 0.15) is 5.75 Å². The van der Waals surface area contributed by atoms with Crippen LogP contribution in [0.25, 0.3) is 16.6 Å². The molecule has 4 rings (SSSR count). The molecule has 0 spiro atoms. The predicted octanol–water partition coefficient (Wildman–Crippen LogP) is 3.93. The molecule has 1 aliphatic carbocycles. The first-order chi connectivity index (χ1) is 14.6. The summed E-state index contributed by atoms with van der Waals surface area (Å²) >= 11 is 1.29. The fraction of sp³-hybridized carbons (Fsp3) is 0.348. The number of carbonyl (C=O) groups excluding carboxylic acids is 1. The highest BCUT2D eigenvalue weighted by atomic mass is 32.2. The Morgan fingerprint density at radius 2 is 1.87 bits per heavy atom. The molecule has 7 heteroatoms. The highest BCUT2D eigenvalue weighted by Gasteiger charge is 2.24. The summed E-state index contributed by atoms with van der Waals surface area (Å²) in [7, 11) is 1.57. The number of para-hydroxylation sites is 3. The molecule has 30 heavy (non-hydrogen) atoms. The minimum atomic E-state index is -0.389. The monoisotopic (exact) mass is 423 g/mol. The molecular formula is C23H25N3O3S. The Kier molecular flexibility index (Phi) is 6.08. The summed E-state index contributed by atoms with van der Waals surface area (Å²) in [6.45, 7) is 1.85. The Labute approximate surface area is 179 Å². The average Bonchev–Trinajstić information content (AvgIpc) is 3.27. The number of nitrogens with zero attached hydrogens (tertiary/aromatic N) is 2. The average molecular weight is 424 g/mol. The van der Waals surface area contributed by atoms with Gasteiger partial charge >= 0.3 is 0 Å². The summed E-state index contributed by atoms with van der Waals surface area (Å²) in [6, 6.07) is 14.8. The van der Waals surface area contributed by atoms with Crippen LogP contribution in [-0.2, 0) is 4.79 Å². The van der Waals surface area contributed by atoms with E-state index in [9.17, 15) is 9.59 Å². The van der Waals surface area contributed by atoms with Crippen molar-refractivity contribution in [3.8, 4) is 11.4 Å². The maximum Gasteiger partial charge on any atom is 0.266 e. The number of amides is 1. The largest absolute Gasteiger partial charge is 0.495 e. The lowest BCUT2D eigenvalue weighted by molar-refractivity contribution is -0.120. The third-order valence-electron chi connectivity index (χ3n) is 5.42. The van der Waals surface area contributed by atoms with Crippen LogP contribution in [0.1, 0.15) is 32.6 Å². The summed E-state index contributed by atoms with van der Waals surface area (Å²) in [5, 5.41) is 3.74. The van der Waals surface area contributed by atoms with E-state index in [2.05, 4.69) is 5.32 Å². The van der Waals surface area contributed by atoms with Crippen LogP contribution in [0.2, 0.25) is 0 Å². The molecule has 1 heterocycles. The Morgan fingerprint density at radius 3 is 2.63 bits per heavy atom. The highest BCUT2D eigenvalue weighted by molar-refractivity contribution is 8.00. The topological polar surface area (TPSA) is 73.2 Å². The summed E-state index contributed by atoms with van der Waals surface area (Å²) in [5.41, 5.74) is 1.03. The quantitative estimate of drug-likeness (QED) is 0.480. The van der Waals surface area contributed by atoms with Crippen LogP contribution < -0.4 is 15.6 Å². The summed E-state index contributed by atoms with van der Waals surface area (Å²) in [4.78, 5) is 30.9. The molecule has 1 N–H and O–H groups in total. The molecule has 1 atom stereocenters. The molecule has 0 radical (unpaired) electrons. The van der Waals surface area contributed by atoms with E-state index in [1.807, 2.05) is 49.4 Å². The second kappa shape index (κ2) is 8.92. The van der Waals surface area contributed by atoms with E-state index < -0.39 is 0 Å². The van der Waals surface area contributed by atoms with Gasteiger partial charge in [-0.3, -0.25) is 14.2 Å². The standard InChI is InChI=1S/C23H25N3O3S/c1-15(21(27)24-16-9-3-4-10-16)30-23-25-18-12-6-5-11-17(18)22(28)26(23)19-13-7-8-14-20(19)29-2/h5-8,11-16H,3-4,9-10H2,1-2H3,(H,24,27)/t15-/m1/s1. The van der Waals surface area contributed by atoms with Crippen LogP contribution in [0, 0.1) is 0 Å². The van der Waals surface area contributed by atoms with E-state index in [0.717, 1.165) is 25.7 Å². The molecule has 1 aromatic heterocycles. The number of aromatic nitrogens is 2. The van der Waals surface area contributed by atoms with Gasteiger partial charge in [0.15, 0.2) is 5.16 Å². The number of ether oxygens (including phenoxy) is 1. The van der Waals surface area contributed by atoms with Gasteiger partial charge in [-0.2, -0.15) is 0 Å². The molecule has 3 aromatic rings. The number of methoxy groups -OCH3 is 1. The number of nitrogens with one attached hydrogen (secondary N) is 1. The van der Waals surface area contributed by atoms with Crippen LogP contribution in [0.15, 0.2) is 58.5 Å². The first-order valence-corrected chi connectivity index (χ1v) is 11.1. The number of thioether (sulfide) groups is 1. The first kappa shape index (κ1) is 20.5. The molecule has 0 bridgehead atoms.